The molecule has 0 fully saturated rings. The number of unbranched alkanes of at least 4 members (excludes halogenated alkanes) is 1. The van der Waals surface area contributed by atoms with Gasteiger partial charge < -0.3 is 15.2 Å². The van der Waals surface area contributed by atoms with Gasteiger partial charge in [-0.1, -0.05) is 33.3 Å². The van der Waals surface area contributed by atoms with Gasteiger partial charge in [-0.15, -0.1) is 0 Å². The Hall–Kier alpha value is -2.21. The average molecular weight is 346 g/mol. The van der Waals surface area contributed by atoms with Crippen molar-refractivity contribution in [3.63, 3.8) is 0 Å². The van der Waals surface area contributed by atoms with Crippen molar-refractivity contribution >= 4 is 5.82 Å². The third-order valence-corrected chi connectivity index (χ3v) is 3.72. The first-order valence-electron chi connectivity index (χ1n) is 8.45. The van der Waals surface area contributed by atoms with Crippen LogP contribution in [0.4, 0.5) is 5.82 Å². The first-order chi connectivity index (χ1) is 11.7. The number of hydrogen-bond donors (Lipinski definition) is 2. The number of aliphatic hydroxyl groups excluding tert-OH is 1. The highest BCUT2D eigenvalue weighted by atomic mass is 16.5. The first-order valence-corrected chi connectivity index (χ1v) is 8.45. The zero-order chi connectivity index (χ0) is 17.2. The number of aryl methyl sites for hydroxylation is 1. The van der Waals surface area contributed by atoms with E-state index in [0.717, 1.165) is 24.8 Å². The molecule has 0 radical (unpaired) electrons. The smallest absolute Gasteiger partial charge is 0.180 e. The summed E-state index contributed by atoms with van der Waals surface area (Å²) in [6, 6.07) is 4.02. The highest BCUT2D eigenvalue weighted by Gasteiger charge is 2.13. The van der Waals surface area contributed by atoms with Gasteiger partial charge >= 0.3 is 0 Å². The van der Waals surface area contributed by atoms with Gasteiger partial charge in [-0.2, -0.15) is 0 Å². The number of anilines is 1. The molecule has 25 heavy (non-hydrogen) atoms. The maximum absolute atomic E-state index is 9.28. The minimum atomic E-state index is 0. The van der Waals surface area contributed by atoms with Crippen molar-refractivity contribution < 1.29 is 9.84 Å². The van der Waals surface area contributed by atoms with Crippen LogP contribution in [0.1, 0.15) is 51.4 Å². The van der Waals surface area contributed by atoms with E-state index in [4.69, 9.17) is 4.74 Å². The molecule has 0 bridgehead atoms. The SMILES string of the molecule is C.CCCC[C@@H](CCO)Nc1nc(C)ncc1OCc1cccnc1. The molecule has 1 atom stereocenters. The van der Waals surface area contributed by atoms with Crippen LogP contribution in [0.3, 0.4) is 0 Å². The summed E-state index contributed by atoms with van der Waals surface area (Å²) >= 11 is 0. The summed E-state index contributed by atoms with van der Waals surface area (Å²) in [5, 5.41) is 12.7. The number of hydrogen-bond acceptors (Lipinski definition) is 6. The van der Waals surface area contributed by atoms with Crippen molar-refractivity contribution in [2.24, 2.45) is 0 Å². The molecule has 0 amide bonds. The highest BCUT2D eigenvalue weighted by molar-refractivity contribution is 5.49. The van der Waals surface area contributed by atoms with E-state index in [1.54, 1.807) is 18.6 Å². The first kappa shape index (κ1) is 20.8. The van der Waals surface area contributed by atoms with Gasteiger partial charge in [0.1, 0.15) is 12.4 Å². The quantitative estimate of drug-likeness (QED) is 0.682. The third-order valence-electron chi connectivity index (χ3n) is 3.72. The van der Waals surface area contributed by atoms with E-state index < -0.39 is 0 Å². The molecule has 0 unspecified atom stereocenters. The second-order valence-corrected chi connectivity index (χ2v) is 5.78. The summed E-state index contributed by atoms with van der Waals surface area (Å²) in [6.45, 7) is 4.57. The Balaban J connectivity index is 0.00000312. The van der Waals surface area contributed by atoms with Crippen LogP contribution < -0.4 is 10.1 Å². The van der Waals surface area contributed by atoms with E-state index in [0.29, 0.717) is 30.4 Å². The summed E-state index contributed by atoms with van der Waals surface area (Å²) in [7, 11) is 0. The van der Waals surface area contributed by atoms with Crippen molar-refractivity contribution in [2.45, 2.75) is 59.6 Å². The van der Waals surface area contributed by atoms with Crippen molar-refractivity contribution in [1.82, 2.24) is 15.0 Å². The summed E-state index contributed by atoms with van der Waals surface area (Å²) in [4.78, 5) is 12.8. The number of nitrogens with zero attached hydrogens (tertiary/aromatic N) is 3. The Bertz CT molecular complexity index is 608. The summed E-state index contributed by atoms with van der Waals surface area (Å²) in [6.07, 6.45) is 9.10. The molecule has 2 rings (SSSR count). The molecule has 138 valence electrons. The van der Waals surface area contributed by atoms with Gasteiger partial charge in [0.25, 0.3) is 0 Å². The lowest BCUT2D eigenvalue weighted by atomic mass is 10.1. The van der Waals surface area contributed by atoms with Crippen LogP contribution in [0.15, 0.2) is 30.7 Å². The van der Waals surface area contributed by atoms with Crippen LogP contribution in [0.25, 0.3) is 0 Å². The monoisotopic (exact) mass is 346 g/mol. The molecular weight excluding hydrogens is 316 g/mol. The average Bonchev–Trinajstić information content (AvgIpc) is 2.60. The Labute approximate surface area is 150 Å². The fourth-order valence-corrected chi connectivity index (χ4v) is 2.40. The second kappa shape index (κ2) is 11.4. The normalized spacial score (nSPS) is 11.5. The van der Waals surface area contributed by atoms with Crippen LogP contribution in [-0.4, -0.2) is 32.7 Å². The van der Waals surface area contributed by atoms with E-state index in [1.165, 1.54) is 0 Å². The van der Waals surface area contributed by atoms with Crippen LogP contribution in [-0.2, 0) is 6.61 Å². The molecular formula is C19H30N4O2. The molecule has 0 aliphatic rings. The van der Waals surface area contributed by atoms with E-state index in [-0.39, 0.29) is 20.1 Å². The molecule has 0 saturated heterocycles. The van der Waals surface area contributed by atoms with Crippen LogP contribution in [0.5, 0.6) is 5.75 Å². The van der Waals surface area contributed by atoms with E-state index in [1.807, 2.05) is 19.1 Å². The maximum atomic E-state index is 9.28. The molecule has 0 saturated carbocycles. The standard InChI is InChI=1S/C18H26N4O2.CH4/c1-3-4-7-16(8-10-23)22-18-17(12-20-14(2)21-18)24-13-15-6-5-9-19-11-15;/h5-6,9,11-12,16,23H,3-4,7-8,10,13H2,1-2H3,(H,20,21,22);1H4/t16-;/m0./s1. The second-order valence-electron chi connectivity index (χ2n) is 5.78. The van der Waals surface area contributed by atoms with Gasteiger partial charge in [-0.25, -0.2) is 9.97 Å². The van der Waals surface area contributed by atoms with Gasteiger partial charge in [0.05, 0.1) is 6.20 Å². The predicted molar refractivity (Wildman–Crippen MR) is 101 cm³/mol. The highest BCUT2D eigenvalue weighted by Crippen LogP contribution is 2.24. The Kier molecular flexibility index (Phi) is 9.47. The van der Waals surface area contributed by atoms with Crippen molar-refractivity contribution in [2.75, 3.05) is 11.9 Å². The largest absolute Gasteiger partial charge is 0.483 e. The fourth-order valence-electron chi connectivity index (χ4n) is 2.40. The zero-order valence-electron chi connectivity index (χ0n) is 14.4. The fraction of sp³-hybridized carbons (Fsp3) is 0.526. The molecule has 0 aliphatic carbocycles. The number of nitrogens with one attached hydrogen (secondary N) is 1. The van der Waals surface area contributed by atoms with E-state index in [2.05, 4.69) is 27.2 Å². The summed E-state index contributed by atoms with van der Waals surface area (Å²) in [5.41, 5.74) is 0.988. The predicted octanol–water partition coefficient (Wildman–Crippen LogP) is 3.75. The van der Waals surface area contributed by atoms with E-state index >= 15 is 0 Å². The molecule has 2 N–H and O–H groups in total. The van der Waals surface area contributed by atoms with Gasteiger partial charge in [-0.3, -0.25) is 4.98 Å². The summed E-state index contributed by atoms with van der Waals surface area (Å²) < 4.78 is 5.87. The molecule has 0 spiro atoms. The molecule has 6 nitrogen and oxygen atoms in total. The minimum absolute atomic E-state index is 0. The number of aliphatic hydroxyl groups is 1. The molecule has 0 aliphatic heterocycles. The topological polar surface area (TPSA) is 80.2 Å². The summed E-state index contributed by atoms with van der Waals surface area (Å²) in [5.74, 6) is 1.98. The van der Waals surface area contributed by atoms with Gasteiger partial charge in [0.2, 0.25) is 0 Å². The molecule has 2 aromatic heterocycles. The van der Waals surface area contributed by atoms with Crippen LogP contribution >= 0.6 is 0 Å². The van der Waals surface area contributed by atoms with Gasteiger partial charge in [0.15, 0.2) is 11.6 Å². The number of rotatable bonds is 10. The number of aromatic nitrogens is 3. The van der Waals surface area contributed by atoms with Gasteiger partial charge in [-0.05, 0) is 25.8 Å². The number of ether oxygens (including phenoxy) is 1. The van der Waals surface area contributed by atoms with Gasteiger partial charge in [0, 0.05) is 30.6 Å². The zero-order valence-corrected chi connectivity index (χ0v) is 14.4. The van der Waals surface area contributed by atoms with Crippen molar-refractivity contribution in [3.05, 3.63) is 42.1 Å². The molecule has 6 heteroatoms. The third kappa shape index (κ3) is 7.05. The van der Waals surface area contributed by atoms with Crippen LogP contribution in [0.2, 0.25) is 0 Å². The Morgan fingerprint density at radius 2 is 2.12 bits per heavy atom. The lowest BCUT2D eigenvalue weighted by Gasteiger charge is -2.20. The maximum Gasteiger partial charge on any atom is 0.180 e. The Morgan fingerprint density at radius 1 is 1.28 bits per heavy atom. The van der Waals surface area contributed by atoms with Crippen molar-refractivity contribution in [1.29, 1.82) is 0 Å². The van der Waals surface area contributed by atoms with Crippen LogP contribution in [0, 0.1) is 6.92 Å². The minimum Gasteiger partial charge on any atom is -0.483 e. The number of pyridine rings is 1. The molecule has 2 heterocycles. The van der Waals surface area contributed by atoms with Crippen molar-refractivity contribution in [3.8, 4) is 5.75 Å². The molecule has 0 aromatic carbocycles. The van der Waals surface area contributed by atoms with E-state index in [9.17, 15) is 5.11 Å². The lowest BCUT2D eigenvalue weighted by Crippen LogP contribution is -2.22. The lowest BCUT2D eigenvalue weighted by molar-refractivity contribution is 0.275. The molecule has 2 aromatic rings. The Morgan fingerprint density at radius 3 is 2.80 bits per heavy atom.